The second-order valence-corrected chi connectivity index (χ2v) is 5.60. The van der Waals surface area contributed by atoms with Crippen molar-refractivity contribution in [1.29, 1.82) is 0 Å². The number of hydrogen-bond donors (Lipinski definition) is 0. The third-order valence-corrected chi connectivity index (χ3v) is 4.16. The fourth-order valence-electron chi connectivity index (χ4n) is 3.02. The van der Waals surface area contributed by atoms with Crippen LogP contribution in [-0.2, 0) is 4.74 Å². The fourth-order valence-corrected chi connectivity index (χ4v) is 3.02. The molecule has 2 aromatic rings. The van der Waals surface area contributed by atoms with Crippen molar-refractivity contribution in [2.75, 3.05) is 26.8 Å². The topological polar surface area (TPSA) is 68.5 Å². The Morgan fingerprint density at radius 2 is 2.32 bits per heavy atom. The summed E-state index contributed by atoms with van der Waals surface area (Å²) >= 11 is 0. The Labute approximate surface area is 129 Å². The minimum Gasteiger partial charge on any atom is -0.384 e. The molecule has 22 heavy (non-hydrogen) atoms. The number of carbonyl (C=O) groups is 1. The average molecular weight is 301 g/mol. The molecule has 6 heteroatoms. The first-order valence-electron chi connectivity index (χ1n) is 7.30. The highest BCUT2D eigenvalue weighted by atomic mass is 16.5. The molecular formula is C16H19N3O3. The van der Waals surface area contributed by atoms with E-state index in [-0.39, 0.29) is 17.7 Å². The molecule has 1 amide bonds. The fraction of sp³-hybridized carbons (Fsp3) is 0.438. The van der Waals surface area contributed by atoms with Crippen LogP contribution in [0.25, 0.3) is 0 Å². The number of rotatable bonds is 4. The van der Waals surface area contributed by atoms with Gasteiger partial charge in [-0.2, -0.15) is 0 Å². The molecule has 0 aliphatic carbocycles. The van der Waals surface area contributed by atoms with Crippen LogP contribution in [0.5, 0.6) is 0 Å². The molecular weight excluding hydrogens is 282 g/mol. The molecule has 0 bridgehead atoms. The van der Waals surface area contributed by atoms with E-state index >= 15 is 0 Å². The zero-order valence-corrected chi connectivity index (χ0v) is 12.7. The quantitative estimate of drug-likeness (QED) is 0.862. The highest BCUT2D eigenvalue weighted by Crippen LogP contribution is 2.32. The maximum Gasteiger partial charge on any atom is 0.259 e. The van der Waals surface area contributed by atoms with Gasteiger partial charge in [-0.25, -0.2) is 0 Å². The summed E-state index contributed by atoms with van der Waals surface area (Å²) in [7, 11) is 1.68. The van der Waals surface area contributed by atoms with Gasteiger partial charge in [0, 0.05) is 43.9 Å². The van der Waals surface area contributed by atoms with Gasteiger partial charge in [-0.15, -0.1) is 0 Å². The number of carbonyl (C=O) groups excluding carboxylic acids is 1. The maximum atomic E-state index is 12.6. The third-order valence-electron chi connectivity index (χ3n) is 4.16. The summed E-state index contributed by atoms with van der Waals surface area (Å²) in [6.07, 6.45) is 3.20. The van der Waals surface area contributed by atoms with Gasteiger partial charge in [0.1, 0.15) is 11.8 Å². The van der Waals surface area contributed by atoms with E-state index in [1.165, 1.54) is 6.26 Å². The van der Waals surface area contributed by atoms with Crippen molar-refractivity contribution in [3.8, 4) is 0 Å². The Bertz CT molecular complexity index is 641. The van der Waals surface area contributed by atoms with Crippen LogP contribution < -0.4 is 0 Å². The van der Waals surface area contributed by atoms with Crippen LogP contribution in [0.15, 0.2) is 35.2 Å². The molecule has 1 fully saturated rings. The van der Waals surface area contributed by atoms with Crippen LogP contribution in [0.4, 0.5) is 0 Å². The van der Waals surface area contributed by atoms with E-state index in [4.69, 9.17) is 9.26 Å². The number of likely N-dealkylation sites (tertiary alicyclic amines) is 1. The zero-order chi connectivity index (χ0) is 15.5. The van der Waals surface area contributed by atoms with E-state index in [2.05, 4.69) is 10.1 Å². The first-order valence-corrected chi connectivity index (χ1v) is 7.30. The lowest BCUT2D eigenvalue weighted by Gasteiger charge is -2.16. The highest BCUT2D eigenvalue weighted by molar-refractivity contribution is 5.95. The minimum absolute atomic E-state index is 0.0433. The number of nitrogens with zero attached hydrogens (tertiary/aromatic N) is 3. The normalized spacial score (nSPS) is 21.3. The lowest BCUT2D eigenvalue weighted by Crippen LogP contribution is -2.29. The molecule has 2 atom stereocenters. The molecule has 6 nitrogen and oxygen atoms in total. The maximum absolute atomic E-state index is 12.6. The molecule has 0 spiro atoms. The molecule has 0 unspecified atom stereocenters. The summed E-state index contributed by atoms with van der Waals surface area (Å²) in [6, 6.07) is 5.87. The van der Waals surface area contributed by atoms with Crippen LogP contribution in [0, 0.1) is 12.8 Å². The summed E-state index contributed by atoms with van der Waals surface area (Å²) in [4.78, 5) is 18.9. The molecule has 3 heterocycles. The summed E-state index contributed by atoms with van der Waals surface area (Å²) in [5.41, 5.74) is 2.15. The van der Waals surface area contributed by atoms with Crippen molar-refractivity contribution in [3.05, 3.63) is 47.6 Å². The van der Waals surface area contributed by atoms with Crippen molar-refractivity contribution >= 4 is 5.91 Å². The lowest BCUT2D eigenvalue weighted by molar-refractivity contribution is 0.0774. The van der Waals surface area contributed by atoms with Crippen molar-refractivity contribution < 1.29 is 14.1 Å². The molecule has 1 aliphatic rings. The van der Waals surface area contributed by atoms with E-state index in [1.807, 2.05) is 23.1 Å². The van der Waals surface area contributed by atoms with Gasteiger partial charge < -0.3 is 14.2 Å². The highest BCUT2D eigenvalue weighted by Gasteiger charge is 2.37. The largest absolute Gasteiger partial charge is 0.384 e. The lowest BCUT2D eigenvalue weighted by atomic mass is 9.93. The Hall–Kier alpha value is -2.21. The summed E-state index contributed by atoms with van der Waals surface area (Å²) in [5.74, 6) is 0.382. The Kier molecular flexibility index (Phi) is 4.20. The van der Waals surface area contributed by atoms with Crippen molar-refractivity contribution in [2.45, 2.75) is 12.8 Å². The molecule has 1 saturated heterocycles. The minimum atomic E-state index is -0.0433. The van der Waals surface area contributed by atoms with Gasteiger partial charge in [-0.1, -0.05) is 11.2 Å². The standard InChI is InChI=1S/C16H19N3O3/c1-11-14(10-22-18-11)16(20)19-7-12(9-21-2)13(8-19)15-5-3-4-6-17-15/h3-6,10,12-13H,7-9H2,1-2H3/t12-,13+/m0/s1. The van der Waals surface area contributed by atoms with E-state index in [1.54, 1.807) is 20.2 Å². The van der Waals surface area contributed by atoms with Gasteiger partial charge in [0.05, 0.1) is 12.3 Å². The summed E-state index contributed by atoms with van der Waals surface area (Å²) in [6.45, 7) is 3.66. The van der Waals surface area contributed by atoms with Gasteiger partial charge in [0.2, 0.25) is 0 Å². The Morgan fingerprint density at radius 3 is 2.95 bits per heavy atom. The smallest absolute Gasteiger partial charge is 0.259 e. The molecule has 116 valence electrons. The Morgan fingerprint density at radius 1 is 1.45 bits per heavy atom. The SMILES string of the molecule is COC[C@@H]1CN(C(=O)c2conc2C)C[C@H]1c1ccccn1. The average Bonchev–Trinajstić information content (AvgIpc) is 3.14. The summed E-state index contributed by atoms with van der Waals surface area (Å²) in [5, 5.41) is 3.78. The number of aryl methyl sites for hydroxylation is 1. The van der Waals surface area contributed by atoms with Crippen LogP contribution in [0.3, 0.4) is 0 Å². The molecule has 3 rings (SSSR count). The number of hydrogen-bond acceptors (Lipinski definition) is 5. The van der Waals surface area contributed by atoms with E-state index in [0.717, 1.165) is 5.69 Å². The van der Waals surface area contributed by atoms with Crippen molar-refractivity contribution in [2.24, 2.45) is 5.92 Å². The van der Waals surface area contributed by atoms with Gasteiger partial charge >= 0.3 is 0 Å². The van der Waals surface area contributed by atoms with Gasteiger partial charge in [0.25, 0.3) is 5.91 Å². The molecule has 0 saturated carbocycles. The number of amides is 1. The number of aromatic nitrogens is 2. The monoisotopic (exact) mass is 301 g/mol. The van der Waals surface area contributed by atoms with Gasteiger partial charge in [-0.3, -0.25) is 9.78 Å². The summed E-state index contributed by atoms with van der Waals surface area (Å²) < 4.78 is 10.2. The first kappa shape index (κ1) is 14.7. The van der Waals surface area contributed by atoms with Crippen LogP contribution in [-0.4, -0.2) is 47.8 Å². The van der Waals surface area contributed by atoms with Crippen molar-refractivity contribution in [1.82, 2.24) is 15.0 Å². The van der Waals surface area contributed by atoms with Gasteiger partial charge in [-0.05, 0) is 19.1 Å². The van der Waals surface area contributed by atoms with Crippen LogP contribution >= 0.6 is 0 Å². The van der Waals surface area contributed by atoms with Crippen LogP contribution in [0.1, 0.15) is 27.7 Å². The number of methoxy groups -OCH3 is 1. The third kappa shape index (κ3) is 2.74. The first-order chi connectivity index (χ1) is 10.7. The number of ether oxygens (including phenoxy) is 1. The molecule has 0 aromatic carbocycles. The zero-order valence-electron chi connectivity index (χ0n) is 12.7. The Balaban J connectivity index is 1.81. The molecule has 1 aliphatic heterocycles. The predicted octanol–water partition coefficient (Wildman–Crippen LogP) is 1.88. The second-order valence-electron chi connectivity index (χ2n) is 5.60. The van der Waals surface area contributed by atoms with Gasteiger partial charge in [0.15, 0.2) is 0 Å². The predicted molar refractivity (Wildman–Crippen MR) is 79.5 cm³/mol. The molecule has 2 aromatic heterocycles. The molecule has 0 radical (unpaired) electrons. The van der Waals surface area contributed by atoms with Crippen molar-refractivity contribution in [3.63, 3.8) is 0 Å². The van der Waals surface area contributed by atoms with Crippen LogP contribution in [0.2, 0.25) is 0 Å². The molecule has 0 N–H and O–H groups in total. The van der Waals surface area contributed by atoms with E-state index in [0.29, 0.717) is 31.0 Å². The van der Waals surface area contributed by atoms with E-state index < -0.39 is 0 Å². The van der Waals surface area contributed by atoms with E-state index in [9.17, 15) is 4.79 Å². The number of pyridine rings is 1. The second kappa shape index (κ2) is 6.27.